The number of anilines is 1. The maximum atomic E-state index is 13.1. The third kappa shape index (κ3) is 4.19. The van der Waals surface area contributed by atoms with Gasteiger partial charge in [-0.05, 0) is 43.0 Å². The normalized spacial score (nSPS) is 17.1. The number of nitrogens with one attached hydrogen (secondary N) is 2. The predicted octanol–water partition coefficient (Wildman–Crippen LogP) is 2.26. The number of aromatic nitrogens is 3. The number of fused-ring (bicyclic) bond motifs is 1. The van der Waals surface area contributed by atoms with Crippen molar-refractivity contribution >= 4 is 38.7 Å². The molecule has 4 rings (SSSR count). The maximum Gasteiger partial charge on any atom is 0.240 e. The number of aliphatic hydroxyl groups is 1. The van der Waals surface area contributed by atoms with Gasteiger partial charge < -0.3 is 26.0 Å². The quantitative estimate of drug-likeness (QED) is 0.436. The fraction of sp³-hybridized carbons (Fsp3) is 0.381. The first kappa shape index (κ1) is 20.8. The summed E-state index contributed by atoms with van der Waals surface area (Å²) >= 11 is 3.42. The van der Waals surface area contributed by atoms with Crippen LogP contribution in [0.25, 0.3) is 11.0 Å². The van der Waals surface area contributed by atoms with E-state index in [0.717, 1.165) is 26.9 Å². The van der Waals surface area contributed by atoms with Crippen LogP contribution in [0.3, 0.4) is 0 Å². The van der Waals surface area contributed by atoms with Crippen LogP contribution in [0.15, 0.2) is 47.3 Å². The molecule has 1 amide bonds. The minimum atomic E-state index is -0.955. The number of rotatable bonds is 6. The van der Waals surface area contributed by atoms with Gasteiger partial charge in [-0.25, -0.2) is 9.97 Å². The summed E-state index contributed by atoms with van der Waals surface area (Å²) in [5.41, 5.74) is 7.32. The predicted molar refractivity (Wildman–Crippen MR) is 119 cm³/mol. The van der Waals surface area contributed by atoms with Gasteiger partial charge in [0.1, 0.15) is 17.8 Å². The summed E-state index contributed by atoms with van der Waals surface area (Å²) in [5.74, 6) is 0.676. The lowest BCUT2D eigenvalue weighted by Crippen LogP contribution is -2.60. The second-order valence-electron chi connectivity index (χ2n) is 7.67. The number of hydrogen-bond acceptors (Lipinski definition) is 6. The van der Waals surface area contributed by atoms with E-state index >= 15 is 0 Å². The number of nitrogens with zero attached hydrogens (tertiary/aromatic N) is 3. The van der Waals surface area contributed by atoms with E-state index in [4.69, 9.17) is 5.73 Å². The van der Waals surface area contributed by atoms with Crippen LogP contribution in [0.4, 0.5) is 5.82 Å². The third-order valence-corrected chi connectivity index (χ3v) is 6.26. The van der Waals surface area contributed by atoms with Crippen molar-refractivity contribution in [1.29, 1.82) is 0 Å². The molecule has 8 nitrogen and oxygen atoms in total. The van der Waals surface area contributed by atoms with Crippen molar-refractivity contribution in [3.63, 3.8) is 0 Å². The van der Waals surface area contributed by atoms with Gasteiger partial charge in [0.2, 0.25) is 5.91 Å². The Hall–Kier alpha value is -2.49. The number of aromatic amines is 1. The highest BCUT2D eigenvalue weighted by Crippen LogP contribution is 2.29. The zero-order chi connectivity index (χ0) is 21.1. The molecule has 0 spiro atoms. The van der Waals surface area contributed by atoms with Crippen molar-refractivity contribution in [2.75, 3.05) is 24.6 Å². The molecule has 0 unspecified atom stereocenters. The Labute approximate surface area is 183 Å². The molecule has 1 aromatic carbocycles. The molecule has 2 aromatic heterocycles. The Balaban J connectivity index is 1.44. The van der Waals surface area contributed by atoms with E-state index in [1.54, 1.807) is 6.33 Å². The first-order valence-electron chi connectivity index (χ1n) is 9.99. The van der Waals surface area contributed by atoms with Crippen LogP contribution in [-0.4, -0.2) is 51.2 Å². The Morgan fingerprint density at radius 2 is 2.00 bits per heavy atom. The topological polar surface area (TPSA) is 120 Å². The summed E-state index contributed by atoms with van der Waals surface area (Å²) in [7, 11) is 0. The van der Waals surface area contributed by atoms with Crippen molar-refractivity contribution in [2.45, 2.75) is 30.8 Å². The van der Waals surface area contributed by atoms with E-state index in [1.165, 1.54) is 0 Å². The summed E-state index contributed by atoms with van der Waals surface area (Å²) < 4.78 is 0.962. The van der Waals surface area contributed by atoms with Crippen LogP contribution in [0, 0.1) is 0 Å². The lowest BCUT2D eigenvalue weighted by atomic mass is 9.87. The molecule has 30 heavy (non-hydrogen) atoms. The van der Waals surface area contributed by atoms with Crippen molar-refractivity contribution in [3.05, 3.63) is 52.9 Å². The Kier molecular flexibility index (Phi) is 6.03. The molecule has 9 heteroatoms. The molecule has 1 atom stereocenters. The number of piperidine rings is 1. The summed E-state index contributed by atoms with van der Waals surface area (Å²) in [5, 5.41) is 13.5. The van der Waals surface area contributed by atoms with Crippen molar-refractivity contribution in [1.82, 2.24) is 20.3 Å². The standard InChI is InChI=1S/C21H25BrN6O2/c22-15-3-1-14(2-4-15)17(6-12-29)27-20(30)21(23)7-10-28(11-8-21)19-16-5-9-24-18(16)25-13-26-19/h1-5,9,13,17,29H,6-8,10-12,23H2,(H,27,30)(H,24,25,26)/t17-/m0/s1. The molecule has 1 aliphatic heterocycles. The average Bonchev–Trinajstić information content (AvgIpc) is 3.24. The van der Waals surface area contributed by atoms with Gasteiger partial charge in [0.05, 0.1) is 17.0 Å². The average molecular weight is 473 g/mol. The van der Waals surface area contributed by atoms with Gasteiger partial charge in [0.25, 0.3) is 0 Å². The number of H-pyrrole nitrogens is 1. The number of amides is 1. The van der Waals surface area contributed by atoms with E-state index in [9.17, 15) is 9.90 Å². The highest BCUT2D eigenvalue weighted by atomic mass is 79.9. The third-order valence-electron chi connectivity index (χ3n) is 5.74. The van der Waals surface area contributed by atoms with Gasteiger partial charge in [-0.1, -0.05) is 28.1 Å². The van der Waals surface area contributed by atoms with Gasteiger partial charge in [-0.3, -0.25) is 4.79 Å². The van der Waals surface area contributed by atoms with E-state index in [2.05, 4.69) is 41.1 Å². The molecule has 1 aliphatic rings. The molecular weight excluding hydrogens is 448 g/mol. The molecule has 1 saturated heterocycles. The number of carbonyl (C=O) groups is 1. The number of hydrogen-bond donors (Lipinski definition) is 4. The molecule has 0 saturated carbocycles. The molecule has 158 valence electrons. The van der Waals surface area contributed by atoms with Gasteiger partial charge in [-0.2, -0.15) is 0 Å². The minimum absolute atomic E-state index is 0.0211. The number of carbonyl (C=O) groups excluding carboxylic acids is 1. The smallest absolute Gasteiger partial charge is 0.240 e. The second kappa shape index (κ2) is 8.71. The number of benzene rings is 1. The summed E-state index contributed by atoms with van der Waals surface area (Å²) in [4.78, 5) is 27.0. The molecule has 0 radical (unpaired) electrons. The number of aliphatic hydroxyl groups excluding tert-OH is 1. The van der Waals surface area contributed by atoms with Gasteiger partial charge >= 0.3 is 0 Å². The fourth-order valence-corrected chi connectivity index (χ4v) is 4.17. The van der Waals surface area contributed by atoms with E-state index in [0.29, 0.717) is 32.4 Å². The second-order valence-corrected chi connectivity index (χ2v) is 8.59. The maximum absolute atomic E-state index is 13.1. The Morgan fingerprint density at radius 3 is 2.70 bits per heavy atom. The number of nitrogens with two attached hydrogens (primary N) is 1. The van der Waals surface area contributed by atoms with Crippen LogP contribution in [0.2, 0.25) is 0 Å². The Morgan fingerprint density at radius 1 is 1.27 bits per heavy atom. The SMILES string of the molecule is NC1(C(=O)N[C@@H](CCO)c2ccc(Br)cc2)CCN(c2ncnc3[nH]ccc23)CC1. The summed E-state index contributed by atoms with van der Waals surface area (Å²) in [6.07, 6.45) is 4.85. The molecule has 3 heterocycles. The first-order valence-corrected chi connectivity index (χ1v) is 10.8. The van der Waals surface area contributed by atoms with Crippen LogP contribution in [-0.2, 0) is 4.79 Å². The van der Waals surface area contributed by atoms with Crippen LogP contribution in [0.1, 0.15) is 30.9 Å². The number of halogens is 1. The fourth-order valence-electron chi connectivity index (χ4n) is 3.90. The van der Waals surface area contributed by atoms with Crippen molar-refractivity contribution < 1.29 is 9.90 Å². The van der Waals surface area contributed by atoms with Crippen LogP contribution in [0.5, 0.6) is 0 Å². The first-order chi connectivity index (χ1) is 14.5. The van der Waals surface area contributed by atoms with Gasteiger partial charge in [0.15, 0.2) is 0 Å². The van der Waals surface area contributed by atoms with E-state index < -0.39 is 5.54 Å². The van der Waals surface area contributed by atoms with Crippen molar-refractivity contribution in [2.24, 2.45) is 5.73 Å². The molecule has 0 aliphatic carbocycles. The minimum Gasteiger partial charge on any atom is -0.396 e. The monoisotopic (exact) mass is 472 g/mol. The molecule has 1 fully saturated rings. The van der Waals surface area contributed by atoms with Gasteiger partial charge in [0, 0.05) is 30.4 Å². The molecule has 5 N–H and O–H groups in total. The lowest BCUT2D eigenvalue weighted by Gasteiger charge is -2.39. The van der Waals surface area contributed by atoms with E-state index in [-0.39, 0.29) is 18.6 Å². The van der Waals surface area contributed by atoms with Crippen LogP contribution < -0.4 is 16.0 Å². The summed E-state index contributed by atoms with van der Waals surface area (Å²) in [6.45, 7) is 1.24. The van der Waals surface area contributed by atoms with Crippen LogP contribution >= 0.6 is 15.9 Å². The molecule has 3 aromatic rings. The zero-order valence-corrected chi connectivity index (χ0v) is 18.1. The highest BCUT2D eigenvalue weighted by Gasteiger charge is 2.39. The van der Waals surface area contributed by atoms with Gasteiger partial charge in [-0.15, -0.1) is 0 Å². The molecular formula is C21H25BrN6O2. The summed E-state index contributed by atoms with van der Waals surface area (Å²) in [6, 6.07) is 9.40. The van der Waals surface area contributed by atoms with E-state index in [1.807, 2.05) is 36.5 Å². The lowest BCUT2D eigenvalue weighted by molar-refractivity contribution is -0.128. The molecule has 0 bridgehead atoms. The largest absolute Gasteiger partial charge is 0.396 e. The zero-order valence-electron chi connectivity index (χ0n) is 16.5. The Bertz CT molecular complexity index is 1010. The van der Waals surface area contributed by atoms with Crippen molar-refractivity contribution in [3.8, 4) is 0 Å². The highest BCUT2D eigenvalue weighted by molar-refractivity contribution is 9.10.